The number of hydrogen-bond donors (Lipinski definition) is 2. The number of rotatable bonds is 8. The van der Waals surface area contributed by atoms with E-state index in [0.717, 1.165) is 19.4 Å². The topological polar surface area (TPSA) is 77.0 Å². The third-order valence-electron chi connectivity index (χ3n) is 6.39. The van der Waals surface area contributed by atoms with E-state index >= 15 is 0 Å². The van der Waals surface area contributed by atoms with Gasteiger partial charge in [0, 0.05) is 32.7 Å². The number of likely N-dealkylation sites (N-methyl/N-ethyl adjacent to an activating group) is 1. The number of nitrogens with one attached hydrogen (secondary N) is 2. The highest BCUT2D eigenvalue weighted by molar-refractivity contribution is 14.0. The summed E-state index contributed by atoms with van der Waals surface area (Å²) in [7, 11) is 5.92. The molecule has 3 rings (SSSR count). The number of carbonyl (C=O) groups excluding carboxylic acids is 2. The maximum Gasteiger partial charge on any atom is 0.233 e. The van der Waals surface area contributed by atoms with E-state index in [2.05, 4.69) is 60.6 Å². The Kier molecular flexibility index (Phi) is 8.51. The van der Waals surface area contributed by atoms with Crippen molar-refractivity contribution in [3.63, 3.8) is 0 Å². The van der Waals surface area contributed by atoms with E-state index in [4.69, 9.17) is 0 Å². The minimum atomic E-state index is -0.114. The SMILES string of the molecule is CN=C(NCCN1C(=O)C2C3C=CC(C3)C2C1=O)NCC(CC(C)C)N(C)C.I. The molecule has 1 heterocycles. The lowest BCUT2D eigenvalue weighted by atomic mass is 9.85. The van der Waals surface area contributed by atoms with E-state index in [1.165, 1.54) is 4.90 Å². The number of halogens is 1. The number of amides is 2. The zero-order valence-electron chi connectivity index (χ0n) is 18.2. The van der Waals surface area contributed by atoms with E-state index in [9.17, 15) is 9.59 Å². The lowest BCUT2D eigenvalue weighted by Crippen LogP contribution is -2.47. The monoisotopic (exact) mass is 517 g/mol. The van der Waals surface area contributed by atoms with Crippen LogP contribution in [0, 0.1) is 29.6 Å². The number of imide groups is 1. The third-order valence-corrected chi connectivity index (χ3v) is 6.39. The molecule has 0 radical (unpaired) electrons. The molecular weight excluding hydrogens is 481 g/mol. The molecule has 2 fully saturated rings. The molecule has 1 aliphatic heterocycles. The van der Waals surface area contributed by atoms with Crippen molar-refractivity contribution in [3.05, 3.63) is 12.2 Å². The van der Waals surface area contributed by atoms with Gasteiger partial charge in [-0.05, 0) is 44.7 Å². The van der Waals surface area contributed by atoms with Crippen molar-refractivity contribution < 1.29 is 9.59 Å². The van der Waals surface area contributed by atoms with Crippen molar-refractivity contribution in [1.29, 1.82) is 0 Å². The molecule has 2 aliphatic carbocycles. The summed E-state index contributed by atoms with van der Waals surface area (Å²) in [6.07, 6.45) is 6.33. The van der Waals surface area contributed by atoms with Crippen LogP contribution in [0.5, 0.6) is 0 Å². The summed E-state index contributed by atoms with van der Waals surface area (Å²) in [6, 6.07) is 0.419. The fourth-order valence-electron chi connectivity index (χ4n) is 4.93. The number of allylic oxidation sites excluding steroid dienone is 2. The molecule has 7 nitrogen and oxygen atoms in total. The summed E-state index contributed by atoms with van der Waals surface area (Å²) < 4.78 is 0. The molecule has 5 atom stereocenters. The van der Waals surface area contributed by atoms with Crippen molar-refractivity contribution in [2.24, 2.45) is 34.6 Å². The summed E-state index contributed by atoms with van der Waals surface area (Å²) in [5, 5.41) is 6.61. The van der Waals surface area contributed by atoms with Gasteiger partial charge in [0.25, 0.3) is 0 Å². The molecular formula is C21H36IN5O2. The normalized spacial score (nSPS) is 28.9. The van der Waals surface area contributed by atoms with Gasteiger partial charge in [0.2, 0.25) is 11.8 Å². The van der Waals surface area contributed by atoms with Crippen molar-refractivity contribution in [1.82, 2.24) is 20.4 Å². The van der Waals surface area contributed by atoms with Gasteiger partial charge in [-0.3, -0.25) is 19.5 Å². The molecule has 0 aromatic heterocycles. The number of nitrogens with zero attached hydrogens (tertiary/aromatic N) is 3. The van der Waals surface area contributed by atoms with Crippen molar-refractivity contribution in [2.45, 2.75) is 32.7 Å². The summed E-state index contributed by atoms with van der Waals surface area (Å²) in [6.45, 7) is 6.16. The fourth-order valence-corrected chi connectivity index (χ4v) is 4.93. The molecule has 0 spiro atoms. The van der Waals surface area contributed by atoms with Crippen LogP contribution in [0.15, 0.2) is 17.1 Å². The zero-order chi connectivity index (χ0) is 20.4. The van der Waals surface area contributed by atoms with E-state index in [1.807, 2.05) is 0 Å². The first-order chi connectivity index (χ1) is 13.3. The van der Waals surface area contributed by atoms with Crippen LogP contribution in [-0.2, 0) is 9.59 Å². The molecule has 2 amide bonds. The van der Waals surface area contributed by atoms with Crippen LogP contribution in [-0.4, -0.2) is 74.4 Å². The van der Waals surface area contributed by atoms with Gasteiger partial charge in [0.1, 0.15) is 0 Å². The first kappa shape index (κ1) is 24.1. The molecule has 8 heteroatoms. The van der Waals surface area contributed by atoms with Gasteiger partial charge in [0.15, 0.2) is 5.96 Å². The minimum Gasteiger partial charge on any atom is -0.355 e. The molecule has 2 bridgehead atoms. The van der Waals surface area contributed by atoms with Crippen molar-refractivity contribution in [3.8, 4) is 0 Å². The Hall–Kier alpha value is -1.16. The van der Waals surface area contributed by atoms with Gasteiger partial charge >= 0.3 is 0 Å². The van der Waals surface area contributed by atoms with Crippen LogP contribution < -0.4 is 10.6 Å². The average Bonchev–Trinajstić information content (AvgIpc) is 3.32. The molecule has 2 N–H and O–H groups in total. The maximum absolute atomic E-state index is 12.7. The molecule has 1 saturated heterocycles. The van der Waals surface area contributed by atoms with Gasteiger partial charge < -0.3 is 15.5 Å². The smallest absolute Gasteiger partial charge is 0.233 e. The van der Waals surface area contributed by atoms with Crippen LogP contribution in [0.2, 0.25) is 0 Å². The highest BCUT2D eigenvalue weighted by Gasteiger charge is 2.58. The molecule has 29 heavy (non-hydrogen) atoms. The standard InChI is InChI=1S/C21H35N5O2.HI/c1-13(2)10-16(25(4)5)12-24-21(22-3)23-8-9-26-19(27)17-14-6-7-15(11-14)18(17)20(26)28;/h6-7,13-18H,8-12H2,1-5H3,(H2,22,23,24);1H. The van der Waals surface area contributed by atoms with Gasteiger partial charge in [-0.1, -0.05) is 26.0 Å². The second kappa shape index (κ2) is 10.2. The molecule has 5 unspecified atom stereocenters. The Morgan fingerprint density at radius 2 is 1.76 bits per heavy atom. The van der Waals surface area contributed by atoms with Crippen LogP contribution >= 0.6 is 24.0 Å². The number of likely N-dealkylation sites (tertiary alicyclic amines) is 1. The van der Waals surface area contributed by atoms with E-state index < -0.39 is 0 Å². The zero-order valence-corrected chi connectivity index (χ0v) is 20.6. The predicted molar refractivity (Wildman–Crippen MR) is 126 cm³/mol. The Bertz CT molecular complexity index is 633. The molecule has 3 aliphatic rings. The average molecular weight is 517 g/mol. The maximum atomic E-state index is 12.7. The van der Waals surface area contributed by atoms with Crippen LogP contribution in [0.25, 0.3) is 0 Å². The fraction of sp³-hybridized carbons (Fsp3) is 0.762. The Balaban J connectivity index is 0.00000300. The van der Waals surface area contributed by atoms with Crippen molar-refractivity contribution >= 4 is 41.8 Å². The summed E-state index contributed by atoms with van der Waals surface area (Å²) in [5.41, 5.74) is 0. The second-order valence-electron chi connectivity index (χ2n) is 8.95. The summed E-state index contributed by atoms with van der Waals surface area (Å²) in [4.78, 5) is 33.4. The molecule has 0 aromatic rings. The third kappa shape index (κ3) is 5.13. The quantitative estimate of drug-likeness (QED) is 0.168. The largest absolute Gasteiger partial charge is 0.355 e. The Morgan fingerprint density at radius 1 is 1.17 bits per heavy atom. The van der Waals surface area contributed by atoms with Crippen molar-refractivity contribution in [2.75, 3.05) is 40.8 Å². The number of carbonyl (C=O) groups is 2. The number of aliphatic imine (C=N–C) groups is 1. The van der Waals surface area contributed by atoms with E-state index in [0.29, 0.717) is 31.0 Å². The Labute approximate surface area is 191 Å². The van der Waals surface area contributed by atoms with Gasteiger partial charge in [-0.25, -0.2) is 0 Å². The van der Waals surface area contributed by atoms with E-state index in [1.54, 1.807) is 7.05 Å². The molecule has 0 aromatic carbocycles. The lowest BCUT2D eigenvalue weighted by Gasteiger charge is -2.27. The van der Waals surface area contributed by atoms with E-state index in [-0.39, 0.29) is 59.5 Å². The minimum absolute atomic E-state index is 0. The van der Waals surface area contributed by atoms with Crippen LogP contribution in [0.4, 0.5) is 0 Å². The molecule has 164 valence electrons. The lowest BCUT2D eigenvalue weighted by molar-refractivity contribution is -0.140. The van der Waals surface area contributed by atoms with Crippen LogP contribution in [0.3, 0.4) is 0 Å². The summed E-state index contributed by atoms with van der Waals surface area (Å²) in [5.74, 6) is 1.67. The van der Waals surface area contributed by atoms with Gasteiger partial charge in [-0.15, -0.1) is 24.0 Å². The predicted octanol–water partition coefficient (Wildman–Crippen LogP) is 1.55. The van der Waals surface area contributed by atoms with Gasteiger partial charge in [0.05, 0.1) is 11.8 Å². The highest BCUT2D eigenvalue weighted by atomic mass is 127. The number of guanidine groups is 1. The second-order valence-corrected chi connectivity index (χ2v) is 8.95. The number of hydrogen-bond acceptors (Lipinski definition) is 4. The molecule has 1 saturated carbocycles. The van der Waals surface area contributed by atoms with Gasteiger partial charge in [-0.2, -0.15) is 0 Å². The van der Waals surface area contributed by atoms with Crippen LogP contribution in [0.1, 0.15) is 26.7 Å². The first-order valence-electron chi connectivity index (χ1n) is 10.5. The summed E-state index contributed by atoms with van der Waals surface area (Å²) >= 11 is 0. The Morgan fingerprint density at radius 3 is 2.24 bits per heavy atom. The number of fused-ring (bicyclic) bond motifs is 5. The first-order valence-corrected chi connectivity index (χ1v) is 10.5. The highest BCUT2D eigenvalue weighted by Crippen LogP contribution is 2.52.